The van der Waals surface area contributed by atoms with E-state index in [2.05, 4.69) is 15.2 Å². The third-order valence-electron chi connectivity index (χ3n) is 4.63. The maximum atomic E-state index is 12.5. The monoisotopic (exact) mass is 354 g/mol. The van der Waals surface area contributed by atoms with E-state index in [9.17, 15) is 13.6 Å². The molecule has 2 amide bonds. The van der Waals surface area contributed by atoms with Crippen molar-refractivity contribution < 1.29 is 18.3 Å². The Morgan fingerprint density at radius 1 is 1.36 bits per heavy atom. The molecular weight excluding hydrogens is 330 g/mol. The molecule has 2 fully saturated rings. The van der Waals surface area contributed by atoms with Gasteiger partial charge >= 0.3 is 6.03 Å². The summed E-state index contributed by atoms with van der Waals surface area (Å²) >= 11 is 0. The Bertz CT molecular complexity index is 602. The van der Waals surface area contributed by atoms with Gasteiger partial charge in [0.05, 0.1) is 25.5 Å². The van der Waals surface area contributed by atoms with Crippen molar-refractivity contribution in [3.8, 4) is 0 Å². The highest BCUT2D eigenvalue weighted by atomic mass is 19.3. The fourth-order valence-electron chi connectivity index (χ4n) is 3.33. The molecule has 2 saturated heterocycles. The number of alkyl halides is 2. The van der Waals surface area contributed by atoms with Gasteiger partial charge in [-0.25, -0.2) is 18.6 Å². The van der Waals surface area contributed by atoms with Gasteiger partial charge in [0.25, 0.3) is 0 Å². The summed E-state index contributed by atoms with van der Waals surface area (Å²) in [5, 5.41) is 2.82. The van der Waals surface area contributed by atoms with Gasteiger partial charge in [0.1, 0.15) is 5.82 Å². The van der Waals surface area contributed by atoms with Crippen LogP contribution in [0.15, 0.2) is 18.2 Å². The molecule has 8 heteroatoms. The van der Waals surface area contributed by atoms with E-state index in [1.807, 2.05) is 18.2 Å². The van der Waals surface area contributed by atoms with Gasteiger partial charge in [0.2, 0.25) is 6.43 Å². The molecule has 2 aliphatic rings. The van der Waals surface area contributed by atoms with E-state index in [0.29, 0.717) is 32.8 Å². The Labute approximate surface area is 146 Å². The van der Waals surface area contributed by atoms with Crippen LogP contribution in [-0.4, -0.2) is 61.7 Å². The average Bonchev–Trinajstić information content (AvgIpc) is 2.58. The number of amides is 2. The van der Waals surface area contributed by atoms with E-state index < -0.39 is 11.8 Å². The first-order valence-electron chi connectivity index (χ1n) is 8.55. The fourth-order valence-corrected chi connectivity index (χ4v) is 3.33. The number of morpholine rings is 1. The van der Waals surface area contributed by atoms with Crippen LogP contribution in [0, 0.1) is 5.41 Å². The van der Waals surface area contributed by atoms with Crippen molar-refractivity contribution in [1.82, 2.24) is 15.2 Å². The number of pyridine rings is 1. The zero-order valence-electron chi connectivity index (χ0n) is 14.4. The molecular formula is C17H24F2N4O2. The van der Waals surface area contributed by atoms with E-state index in [0.717, 1.165) is 24.6 Å². The Balaban J connectivity index is 1.48. The van der Waals surface area contributed by atoms with Gasteiger partial charge in [-0.3, -0.25) is 0 Å². The number of hydrogen-bond donors (Lipinski definition) is 1. The number of likely N-dealkylation sites (tertiary alicyclic amines) is 1. The van der Waals surface area contributed by atoms with Crippen LogP contribution in [0.5, 0.6) is 0 Å². The minimum atomic E-state index is -2.33. The van der Waals surface area contributed by atoms with E-state index in [1.54, 1.807) is 11.8 Å². The highest BCUT2D eigenvalue weighted by molar-refractivity contribution is 5.75. The highest BCUT2D eigenvalue weighted by Gasteiger charge is 2.42. The molecule has 0 spiro atoms. The largest absolute Gasteiger partial charge is 0.378 e. The molecule has 138 valence electrons. The quantitative estimate of drug-likeness (QED) is 0.880. The number of carbonyl (C=O) groups excluding carboxylic acids is 1. The number of nitrogens with zero attached hydrogens (tertiary/aromatic N) is 3. The Morgan fingerprint density at radius 3 is 2.76 bits per heavy atom. The fraction of sp³-hybridized carbons (Fsp3) is 0.647. The second-order valence-electron chi connectivity index (χ2n) is 7.01. The first kappa shape index (κ1) is 17.8. The topological polar surface area (TPSA) is 57.7 Å². The maximum Gasteiger partial charge on any atom is 0.317 e. The van der Waals surface area contributed by atoms with Crippen molar-refractivity contribution in [2.24, 2.45) is 5.41 Å². The first-order chi connectivity index (χ1) is 12.0. The lowest BCUT2D eigenvalue weighted by Crippen LogP contribution is -2.59. The second-order valence-corrected chi connectivity index (χ2v) is 7.01. The van der Waals surface area contributed by atoms with Crippen molar-refractivity contribution in [3.63, 3.8) is 0 Å². The van der Waals surface area contributed by atoms with Crippen LogP contribution >= 0.6 is 0 Å². The molecule has 0 unspecified atom stereocenters. The summed E-state index contributed by atoms with van der Waals surface area (Å²) in [5.74, 6) is 0.878. The van der Waals surface area contributed by atoms with Gasteiger partial charge in [-0.1, -0.05) is 13.0 Å². The number of carbonyl (C=O) groups is 1. The third-order valence-corrected chi connectivity index (χ3v) is 4.63. The van der Waals surface area contributed by atoms with Crippen LogP contribution in [0.4, 0.5) is 19.4 Å². The summed E-state index contributed by atoms with van der Waals surface area (Å²) in [6, 6.07) is 5.50. The number of rotatable bonds is 5. The molecule has 1 aromatic rings. The summed E-state index contributed by atoms with van der Waals surface area (Å²) < 4.78 is 30.3. The molecule has 25 heavy (non-hydrogen) atoms. The Morgan fingerprint density at radius 2 is 2.08 bits per heavy atom. The van der Waals surface area contributed by atoms with Crippen molar-refractivity contribution in [1.29, 1.82) is 0 Å². The van der Waals surface area contributed by atoms with E-state index in [4.69, 9.17) is 4.74 Å². The van der Waals surface area contributed by atoms with Gasteiger partial charge in [-0.2, -0.15) is 0 Å². The number of hydrogen-bond acceptors (Lipinski definition) is 4. The minimum absolute atomic E-state index is 0.167. The predicted octanol–water partition coefficient (Wildman–Crippen LogP) is 2.10. The molecule has 1 N–H and O–H groups in total. The van der Waals surface area contributed by atoms with Crippen LogP contribution in [0.1, 0.15) is 19.0 Å². The number of aromatic nitrogens is 1. The number of nitrogens with one attached hydrogen (secondary N) is 1. The first-order valence-corrected chi connectivity index (χ1v) is 8.55. The molecule has 0 saturated carbocycles. The van der Waals surface area contributed by atoms with Crippen LogP contribution in [-0.2, 0) is 11.3 Å². The molecule has 3 heterocycles. The lowest BCUT2D eigenvalue weighted by molar-refractivity contribution is -0.0104. The SMILES string of the molecule is CC1(CC(F)F)CN(C(=O)NCc2cccc(N3CCOCC3)n2)C1. The molecule has 6 nitrogen and oxygen atoms in total. The molecule has 2 aliphatic heterocycles. The van der Waals surface area contributed by atoms with E-state index in [1.165, 1.54) is 0 Å². The van der Waals surface area contributed by atoms with Gasteiger partial charge in [-0.15, -0.1) is 0 Å². The lowest BCUT2D eigenvalue weighted by atomic mass is 9.79. The standard InChI is InChI=1S/C17H24F2N4O2/c1-17(9-14(18)19)11-23(12-17)16(24)20-10-13-3-2-4-15(21-13)22-5-7-25-8-6-22/h2-4,14H,5-12H2,1H3,(H,20,24). The van der Waals surface area contributed by atoms with E-state index >= 15 is 0 Å². The summed E-state index contributed by atoms with van der Waals surface area (Å²) in [5.41, 5.74) is 0.299. The van der Waals surface area contributed by atoms with Crippen LogP contribution in [0.3, 0.4) is 0 Å². The predicted molar refractivity (Wildman–Crippen MR) is 89.8 cm³/mol. The third kappa shape index (κ3) is 4.56. The minimum Gasteiger partial charge on any atom is -0.378 e. The average molecular weight is 354 g/mol. The van der Waals surface area contributed by atoms with Crippen LogP contribution < -0.4 is 10.2 Å². The number of ether oxygens (including phenoxy) is 1. The molecule has 0 aromatic carbocycles. The van der Waals surface area contributed by atoms with Crippen molar-refractivity contribution in [2.45, 2.75) is 26.3 Å². The Kier molecular flexibility index (Phi) is 5.36. The normalized spacial score (nSPS) is 19.7. The zero-order valence-corrected chi connectivity index (χ0v) is 14.4. The number of anilines is 1. The van der Waals surface area contributed by atoms with Crippen molar-refractivity contribution in [3.05, 3.63) is 23.9 Å². The van der Waals surface area contributed by atoms with Crippen LogP contribution in [0.2, 0.25) is 0 Å². The number of urea groups is 1. The van der Waals surface area contributed by atoms with Crippen molar-refractivity contribution in [2.75, 3.05) is 44.3 Å². The van der Waals surface area contributed by atoms with Crippen molar-refractivity contribution >= 4 is 11.8 Å². The number of halogens is 2. The van der Waals surface area contributed by atoms with Gasteiger partial charge < -0.3 is 19.9 Å². The van der Waals surface area contributed by atoms with Gasteiger partial charge in [0, 0.05) is 38.0 Å². The van der Waals surface area contributed by atoms with Gasteiger partial charge in [-0.05, 0) is 12.1 Å². The molecule has 1 aromatic heterocycles. The zero-order chi connectivity index (χ0) is 17.9. The molecule has 0 atom stereocenters. The smallest absolute Gasteiger partial charge is 0.317 e. The van der Waals surface area contributed by atoms with Gasteiger partial charge in [0.15, 0.2) is 0 Å². The highest BCUT2D eigenvalue weighted by Crippen LogP contribution is 2.35. The second kappa shape index (κ2) is 7.51. The summed E-state index contributed by atoms with van der Waals surface area (Å²) in [6.45, 7) is 5.83. The Hall–Kier alpha value is -1.96. The summed E-state index contributed by atoms with van der Waals surface area (Å²) in [7, 11) is 0. The summed E-state index contributed by atoms with van der Waals surface area (Å²) in [6.07, 6.45) is -2.50. The summed E-state index contributed by atoms with van der Waals surface area (Å²) in [4.78, 5) is 20.4. The molecule has 0 radical (unpaired) electrons. The lowest BCUT2D eigenvalue weighted by Gasteiger charge is -2.47. The molecule has 0 bridgehead atoms. The van der Waals surface area contributed by atoms with E-state index in [-0.39, 0.29) is 12.5 Å². The van der Waals surface area contributed by atoms with Crippen LogP contribution in [0.25, 0.3) is 0 Å². The molecule has 0 aliphatic carbocycles. The molecule has 3 rings (SSSR count). The maximum absolute atomic E-state index is 12.5.